The summed E-state index contributed by atoms with van der Waals surface area (Å²) in [7, 11) is 3.23. The topological polar surface area (TPSA) is 73.9 Å². The van der Waals surface area contributed by atoms with E-state index in [4.69, 9.17) is 14.2 Å². The Morgan fingerprint density at radius 3 is 2.29 bits per heavy atom. The lowest BCUT2D eigenvalue weighted by molar-refractivity contribution is -0.125. The third kappa shape index (κ3) is 5.33. The average molecular weight is 383 g/mol. The Morgan fingerprint density at radius 2 is 1.71 bits per heavy atom. The molecule has 1 atom stereocenters. The molecule has 28 heavy (non-hydrogen) atoms. The van der Waals surface area contributed by atoms with Crippen molar-refractivity contribution < 1.29 is 23.8 Å². The molecular weight excluding hydrogens is 358 g/mol. The summed E-state index contributed by atoms with van der Waals surface area (Å²) in [5.74, 6) is 0.361. The van der Waals surface area contributed by atoms with Crippen molar-refractivity contribution in [3.8, 4) is 5.75 Å². The van der Waals surface area contributed by atoms with Crippen LogP contribution in [0, 0.1) is 5.92 Å². The van der Waals surface area contributed by atoms with Crippen LogP contribution in [0.3, 0.4) is 0 Å². The minimum absolute atomic E-state index is 0.0783. The Kier molecular flexibility index (Phi) is 6.66. The van der Waals surface area contributed by atoms with Crippen molar-refractivity contribution in [2.75, 3.05) is 20.8 Å². The van der Waals surface area contributed by atoms with Crippen LogP contribution in [0.25, 0.3) is 0 Å². The van der Waals surface area contributed by atoms with Crippen molar-refractivity contribution in [2.45, 2.75) is 25.5 Å². The van der Waals surface area contributed by atoms with Gasteiger partial charge in [-0.15, -0.1) is 0 Å². The first kappa shape index (κ1) is 19.9. The smallest absolute Gasteiger partial charge is 0.338 e. The SMILES string of the molecule is COCc1ccc(C(=O)OCC(=O)NC(c2ccc(OC)cc2)C2CC2)cc1. The van der Waals surface area contributed by atoms with Gasteiger partial charge in [-0.25, -0.2) is 4.79 Å². The lowest BCUT2D eigenvalue weighted by atomic mass is 10.0. The summed E-state index contributed by atoms with van der Waals surface area (Å²) in [5.41, 5.74) is 2.39. The number of benzene rings is 2. The molecule has 6 nitrogen and oxygen atoms in total. The van der Waals surface area contributed by atoms with Gasteiger partial charge >= 0.3 is 5.97 Å². The second-order valence-electron chi connectivity index (χ2n) is 6.86. The van der Waals surface area contributed by atoms with Gasteiger partial charge in [0.25, 0.3) is 5.91 Å². The van der Waals surface area contributed by atoms with Crippen LogP contribution >= 0.6 is 0 Å². The number of methoxy groups -OCH3 is 2. The van der Waals surface area contributed by atoms with Crippen LogP contribution < -0.4 is 10.1 Å². The van der Waals surface area contributed by atoms with Gasteiger partial charge in [-0.2, -0.15) is 0 Å². The third-order valence-electron chi connectivity index (χ3n) is 4.72. The maximum absolute atomic E-state index is 12.3. The molecule has 1 amide bonds. The Hall–Kier alpha value is -2.86. The molecule has 2 aromatic rings. The van der Waals surface area contributed by atoms with Crippen molar-refractivity contribution in [1.29, 1.82) is 0 Å². The van der Waals surface area contributed by atoms with Crippen molar-refractivity contribution in [3.05, 3.63) is 65.2 Å². The molecule has 1 unspecified atom stereocenters. The summed E-state index contributed by atoms with van der Waals surface area (Å²) in [6.07, 6.45) is 2.15. The van der Waals surface area contributed by atoms with E-state index in [1.165, 1.54) is 0 Å². The minimum Gasteiger partial charge on any atom is -0.497 e. The number of hydrogen-bond acceptors (Lipinski definition) is 5. The highest BCUT2D eigenvalue weighted by atomic mass is 16.5. The van der Waals surface area contributed by atoms with Gasteiger partial charge in [-0.05, 0) is 54.2 Å². The van der Waals surface area contributed by atoms with Crippen LogP contribution in [0.2, 0.25) is 0 Å². The monoisotopic (exact) mass is 383 g/mol. The van der Waals surface area contributed by atoms with Gasteiger partial charge in [0.05, 0.1) is 25.3 Å². The predicted octanol–water partition coefficient (Wildman–Crippen LogP) is 3.27. The molecule has 0 bridgehead atoms. The third-order valence-corrected chi connectivity index (χ3v) is 4.72. The molecule has 0 aromatic heterocycles. The van der Waals surface area contributed by atoms with E-state index in [9.17, 15) is 9.59 Å². The molecular formula is C22H25NO5. The van der Waals surface area contributed by atoms with Gasteiger partial charge in [-0.3, -0.25) is 4.79 Å². The first-order valence-corrected chi connectivity index (χ1v) is 9.29. The summed E-state index contributed by atoms with van der Waals surface area (Å²) < 4.78 is 15.4. The van der Waals surface area contributed by atoms with Crippen LogP contribution in [-0.4, -0.2) is 32.7 Å². The number of rotatable bonds is 9. The molecule has 0 spiro atoms. The largest absolute Gasteiger partial charge is 0.497 e. The molecule has 0 saturated heterocycles. The lowest BCUT2D eigenvalue weighted by Gasteiger charge is -2.19. The lowest BCUT2D eigenvalue weighted by Crippen LogP contribution is -2.33. The van der Waals surface area contributed by atoms with E-state index >= 15 is 0 Å². The van der Waals surface area contributed by atoms with E-state index in [2.05, 4.69) is 5.32 Å². The van der Waals surface area contributed by atoms with E-state index in [1.807, 2.05) is 24.3 Å². The maximum atomic E-state index is 12.3. The van der Waals surface area contributed by atoms with Crippen molar-refractivity contribution in [2.24, 2.45) is 5.92 Å². The first-order valence-electron chi connectivity index (χ1n) is 9.29. The van der Waals surface area contributed by atoms with Crippen LogP contribution in [0.1, 0.15) is 40.4 Å². The molecule has 0 heterocycles. The van der Waals surface area contributed by atoms with Crippen molar-refractivity contribution in [1.82, 2.24) is 5.32 Å². The molecule has 1 saturated carbocycles. The fraction of sp³-hybridized carbons (Fsp3) is 0.364. The van der Waals surface area contributed by atoms with Gasteiger partial charge in [0.1, 0.15) is 5.75 Å². The molecule has 0 aliphatic heterocycles. The second kappa shape index (κ2) is 9.37. The van der Waals surface area contributed by atoms with Crippen LogP contribution in [-0.2, 0) is 20.9 Å². The number of hydrogen-bond donors (Lipinski definition) is 1. The summed E-state index contributed by atoms with van der Waals surface area (Å²) >= 11 is 0. The molecule has 2 aromatic carbocycles. The minimum atomic E-state index is -0.522. The van der Waals surface area contributed by atoms with E-state index < -0.39 is 5.97 Å². The number of carbonyl (C=O) groups is 2. The highest BCUT2D eigenvalue weighted by Crippen LogP contribution is 2.41. The fourth-order valence-electron chi connectivity index (χ4n) is 3.05. The average Bonchev–Trinajstić information content (AvgIpc) is 3.56. The zero-order chi connectivity index (χ0) is 19.9. The van der Waals surface area contributed by atoms with Crippen LogP contribution in [0.5, 0.6) is 5.75 Å². The number of carbonyl (C=O) groups excluding carboxylic acids is 2. The normalized spacial score (nSPS) is 14.2. The second-order valence-corrected chi connectivity index (χ2v) is 6.86. The summed E-state index contributed by atoms with van der Waals surface area (Å²) in [4.78, 5) is 24.5. The van der Waals surface area contributed by atoms with E-state index in [1.54, 1.807) is 38.5 Å². The van der Waals surface area contributed by atoms with Crippen molar-refractivity contribution in [3.63, 3.8) is 0 Å². The predicted molar refractivity (Wildman–Crippen MR) is 104 cm³/mol. The van der Waals surface area contributed by atoms with Crippen LogP contribution in [0.4, 0.5) is 0 Å². The molecule has 6 heteroatoms. The summed E-state index contributed by atoms with van der Waals surface area (Å²) in [6, 6.07) is 14.5. The number of amides is 1. The molecule has 0 radical (unpaired) electrons. The Bertz CT molecular complexity index is 797. The Morgan fingerprint density at radius 1 is 1.04 bits per heavy atom. The van der Waals surface area contributed by atoms with Gasteiger partial charge in [0.2, 0.25) is 0 Å². The van der Waals surface area contributed by atoms with Gasteiger partial charge < -0.3 is 19.5 Å². The highest BCUT2D eigenvalue weighted by Gasteiger charge is 2.33. The zero-order valence-corrected chi connectivity index (χ0v) is 16.1. The molecule has 1 aliphatic carbocycles. The van der Waals surface area contributed by atoms with Gasteiger partial charge in [0.15, 0.2) is 6.61 Å². The number of esters is 1. The molecule has 1 aliphatic rings. The number of nitrogens with one attached hydrogen (secondary N) is 1. The molecule has 3 rings (SSSR count). The van der Waals surface area contributed by atoms with E-state index in [0.29, 0.717) is 18.1 Å². The molecule has 1 fully saturated rings. The summed E-state index contributed by atoms with van der Waals surface area (Å²) in [5, 5.41) is 2.99. The quantitative estimate of drug-likeness (QED) is 0.673. The van der Waals surface area contributed by atoms with Gasteiger partial charge in [-0.1, -0.05) is 24.3 Å². The van der Waals surface area contributed by atoms with E-state index in [0.717, 1.165) is 29.7 Å². The first-order chi connectivity index (χ1) is 13.6. The van der Waals surface area contributed by atoms with Gasteiger partial charge in [0, 0.05) is 7.11 Å². The zero-order valence-electron chi connectivity index (χ0n) is 16.1. The van der Waals surface area contributed by atoms with E-state index in [-0.39, 0.29) is 18.6 Å². The maximum Gasteiger partial charge on any atom is 0.338 e. The number of ether oxygens (including phenoxy) is 3. The van der Waals surface area contributed by atoms with Crippen LogP contribution in [0.15, 0.2) is 48.5 Å². The fourth-order valence-corrected chi connectivity index (χ4v) is 3.05. The standard InChI is InChI=1S/C22H25NO5/c1-26-13-15-3-5-18(6-4-15)22(25)28-14-20(24)23-21(16-7-8-16)17-9-11-19(27-2)12-10-17/h3-6,9-12,16,21H,7-8,13-14H2,1-2H3,(H,23,24). The molecule has 148 valence electrons. The highest BCUT2D eigenvalue weighted by molar-refractivity contribution is 5.91. The van der Waals surface area contributed by atoms with Crippen molar-refractivity contribution >= 4 is 11.9 Å². The molecule has 1 N–H and O–H groups in total. The Balaban J connectivity index is 1.53. The Labute approximate surface area is 164 Å². The summed E-state index contributed by atoms with van der Waals surface area (Å²) in [6.45, 7) is 0.170.